The molecule has 1 N–H and O–H groups in total. The molecule has 0 radical (unpaired) electrons. The van der Waals surface area contributed by atoms with E-state index in [1.807, 2.05) is 11.3 Å². The van der Waals surface area contributed by atoms with Crippen LogP contribution in [0.15, 0.2) is 15.9 Å². The molecule has 90 valence electrons. The normalized spacial score (nSPS) is 19.9. The third-order valence-electron chi connectivity index (χ3n) is 3.58. The predicted octanol–water partition coefficient (Wildman–Crippen LogP) is 4.57. The minimum atomic E-state index is 0.668. The second-order valence-electron chi connectivity index (χ2n) is 4.77. The van der Waals surface area contributed by atoms with Crippen molar-refractivity contribution in [2.75, 3.05) is 0 Å². The zero-order valence-electron chi connectivity index (χ0n) is 9.84. The van der Waals surface area contributed by atoms with Crippen LogP contribution < -0.4 is 5.32 Å². The minimum absolute atomic E-state index is 0.668. The van der Waals surface area contributed by atoms with Crippen LogP contribution in [-0.4, -0.2) is 6.04 Å². The van der Waals surface area contributed by atoms with Crippen LogP contribution in [0, 0.1) is 5.92 Å². The molecule has 0 unspecified atom stereocenters. The number of nitrogens with one attached hydrogen (secondary N) is 1. The predicted molar refractivity (Wildman–Crippen MR) is 74.9 cm³/mol. The second kappa shape index (κ2) is 6.18. The molecule has 1 heterocycles. The lowest BCUT2D eigenvalue weighted by molar-refractivity contribution is 0.281. The summed E-state index contributed by atoms with van der Waals surface area (Å²) in [7, 11) is 0. The number of hydrogen-bond acceptors (Lipinski definition) is 2. The van der Waals surface area contributed by atoms with Crippen LogP contribution in [0.2, 0.25) is 0 Å². The molecular formula is C13H20BrNS. The molecule has 0 spiro atoms. The molecule has 1 nitrogen and oxygen atoms in total. The molecule has 1 atom stereocenters. The van der Waals surface area contributed by atoms with Crippen molar-refractivity contribution >= 4 is 27.3 Å². The van der Waals surface area contributed by atoms with E-state index in [0.29, 0.717) is 6.04 Å². The molecular weight excluding hydrogens is 282 g/mol. The van der Waals surface area contributed by atoms with Gasteiger partial charge in [0.05, 0.1) is 3.79 Å². The Hall–Kier alpha value is 0.140. The molecule has 0 aromatic carbocycles. The van der Waals surface area contributed by atoms with Crippen molar-refractivity contribution < 1.29 is 0 Å². The van der Waals surface area contributed by atoms with Crippen molar-refractivity contribution in [3.63, 3.8) is 0 Å². The molecule has 0 bridgehead atoms. The molecule has 1 aromatic heterocycles. The lowest BCUT2D eigenvalue weighted by atomic mass is 9.84. The van der Waals surface area contributed by atoms with Crippen LogP contribution in [0.25, 0.3) is 0 Å². The summed E-state index contributed by atoms with van der Waals surface area (Å²) in [5, 5.41) is 3.67. The molecule has 1 aliphatic rings. The van der Waals surface area contributed by atoms with Crippen molar-refractivity contribution in [1.29, 1.82) is 0 Å². The van der Waals surface area contributed by atoms with Crippen molar-refractivity contribution in [3.05, 3.63) is 20.8 Å². The van der Waals surface area contributed by atoms with E-state index in [2.05, 4.69) is 40.3 Å². The molecule has 3 heteroatoms. The summed E-state index contributed by atoms with van der Waals surface area (Å²) in [5.74, 6) is 0.900. The molecule has 1 aromatic rings. The van der Waals surface area contributed by atoms with Crippen molar-refractivity contribution in [2.24, 2.45) is 5.92 Å². The lowest BCUT2D eigenvalue weighted by Crippen LogP contribution is -2.33. The van der Waals surface area contributed by atoms with Gasteiger partial charge in [-0.3, -0.25) is 0 Å². The highest BCUT2D eigenvalue weighted by atomic mass is 79.9. The third kappa shape index (κ3) is 3.57. The summed E-state index contributed by atoms with van der Waals surface area (Å²) >= 11 is 5.34. The van der Waals surface area contributed by atoms with Crippen LogP contribution in [-0.2, 0) is 6.54 Å². The minimum Gasteiger partial charge on any atom is -0.309 e. The first-order chi connectivity index (χ1) is 7.75. The fourth-order valence-electron chi connectivity index (χ4n) is 2.51. The number of hydrogen-bond donors (Lipinski definition) is 1. The van der Waals surface area contributed by atoms with E-state index in [1.165, 1.54) is 40.8 Å². The highest BCUT2D eigenvalue weighted by molar-refractivity contribution is 9.11. The van der Waals surface area contributed by atoms with E-state index < -0.39 is 0 Å². The Labute approximate surface area is 111 Å². The lowest BCUT2D eigenvalue weighted by Gasteiger charge is -2.28. The highest BCUT2D eigenvalue weighted by Gasteiger charge is 2.19. The third-order valence-corrected chi connectivity index (χ3v) is 5.21. The molecule has 1 saturated carbocycles. The fourth-order valence-corrected chi connectivity index (χ4v) is 3.94. The van der Waals surface area contributed by atoms with Gasteiger partial charge in [-0.2, -0.15) is 0 Å². The van der Waals surface area contributed by atoms with Crippen LogP contribution in [0.4, 0.5) is 0 Å². The van der Waals surface area contributed by atoms with Gasteiger partial charge in [0.25, 0.3) is 0 Å². The summed E-state index contributed by atoms with van der Waals surface area (Å²) < 4.78 is 1.23. The van der Waals surface area contributed by atoms with Crippen LogP contribution in [0.1, 0.15) is 43.9 Å². The fraction of sp³-hybridized carbons (Fsp3) is 0.692. The van der Waals surface area contributed by atoms with Crippen molar-refractivity contribution in [2.45, 2.75) is 51.6 Å². The maximum absolute atomic E-state index is 3.67. The summed E-state index contributed by atoms with van der Waals surface area (Å²) in [5.41, 5.74) is 0. The van der Waals surface area contributed by atoms with Gasteiger partial charge in [-0.1, -0.05) is 19.3 Å². The maximum atomic E-state index is 3.67. The van der Waals surface area contributed by atoms with Crippen molar-refractivity contribution in [1.82, 2.24) is 5.32 Å². The topological polar surface area (TPSA) is 12.0 Å². The molecule has 0 saturated heterocycles. The molecule has 0 amide bonds. The van der Waals surface area contributed by atoms with Crippen LogP contribution >= 0.6 is 27.3 Å². The number of rotatable bonds is 4. The Bertz CT molecular complexity index is 317. The molecule has 1 aliphatic carbocycles. The Morgan fingerprint density at radius 1 is 1.38 bits per heavy atom. The summed E-state index contributed by atoms with van der Waals surface area (Å²) in [6, 6.07) is 5.00. The highest BCUT2D eigenvalue weighted by Crippen LogP contribution is 2.27. The van der Waals surface area contributed by atoms with E-state index >= 15 is 0 Å². The van der Waals surface area contributed by atoms with E-state index in [0.717, 1.165) is 12.5 Å². The standard InChI is InChI=1S/C13H20BrNS/c1-10(11-5-3-2-4-6-11)15-9-12-7-8-13(14)16-12/h7-8,10-11,15H,2-6,9H2,1H3/t10-/m1/s1. The molecule has 0 aliphatic heterocycles. The van der Waals surface area contributed by atoms with Crippen molar-refractivity contribution in [3.8, 4) is 0 Å². The maximum Gasteiger partial charge on any atom is 0.0701 e. The van der Waals surface area contributed by atoms with Gasteiger partial charge in [-0.25, -0.2) is 0 Å². The van der Waals surface area contributed by atoms with Gasteiger partial charge >= 0.3 is 0 Å². The van der Waals surface area contributed by atoms with E-state index in [-0.39, 0.29) is 0 Å². The summed E-state index contributed by atoms with van der Waals surface area (Å²) in [6.45, 7) is 3.37. The largest absolute Gasteiger partial charge is 0.309 e. The number of thiophene rings is 1. The molecule has 16 heavy (non-hydrogen) atoms. The Kier molecular flexibility index (Phi) is 4.86. The van der Waals surface area contributed by atoms with Gasteiger partial charge in [0.2, 0.25) is 0 Å². The van der Waals surface area contributed by atoms with Gasteiger partial charge in [-0.05, 0) is 53.7 Å². The summed E-state index contributed by atoms with van der Waals surface area (Å²) in [6.07, 6.45) is 7.15. The Morgan fingerprint density at radius 2 is 2.12 bits per heavy atom. The first-order valence-electron chi connectivity index (χ1n) is 6.23. The Balaban J connectivity index is 1.76. The average Bonchev–Trinajstić information content (AvgIpc) is 2.73. The first kappa shape index (κ1) is 12.6. The van der Waals surface area contributed by atoms with Gasteiger partial charge < -0.3 is 5.32 Å². The summed E-state index contributed by atoms with van der Waals surface area (Å²) in [4.78, 5) is 1.43. The van der Waals surface area contributed by atoms with Gasteiger partial charge in [0, 0.05) is 17.5 Å². The zero-order valence-corrected chi connectivity index (χ0v) is 12.2. The van der Waals surface area contributed by atoms with Crippen LogP contribution in [0.5, 0.6) is 0 Å². The molecule has 1 fully saturated rings. The van der Waals surface area contributed by atoms with E-state index in [9.17, 15) is 0 Å². The molecule has 2 rings (SSSR count). The second-order valence-corrected chi connectivity index (χ2v) is 7.32. The van der Waals surface area contributed by atoms with Gasteiger partial charge in [0.15, 0.2) is 0 Å². The monoisotopic (exact) mass is 301 g/mol. The van der Waals surface area contributed by atoms with E-state index in [1.54, 1.807) is 0 Å². The van der Waals surface area contributed by atoms with Gasteiger partial charge in [0.1, 0.15) is 0 Å². The quantitative estimate of drug-likeness (QED) is 0.859. The SMILES string of the molecule is C[C@@H](NCc1ccc(Br)s1)C1CCCCC1. The first-order valence-corrected chi connectivity index (χ1v) is 7.84. The van der Waals surface area contributed by atoms with E-state index in [4.69, 9.17) is 0 Å². The van der Waals surface area contributed by atoms with Crippen LogP contribution in [0.3, 0.4) is 0 Å². The Morgan fingerprint density at radius 3 is 2.75 bits per heavy atom. The van der Waals surface area contributed by atoms with Gasteiger partial charge in [-0.15, -0.1) is 11.3 Å². The smallest absolute Gasteiger partial charge is 0.0701 e. The zero-order chi connectivity index (χ0) is 11.4. The number of halogens is 1. The average molecular weight is 302 g/mol.